The zero-order valence-electron chi connectivity index (χ0n) is 10.9. The van der Waals surface area contributed by atoms with Crippen LogP contribution in [-0.2, 0) is 4.79 Å². The lowest BCUT2D eigenvalue weighted by Gasteiger charge is -2.35. The van der Waals surface area contributed by atoms with Gasteiger partial charge in [0.25, 0.3) is 0 Å². The van der Waals surface area contributed by atoms with Crippen molar-refractivity contribution in [3.05, 3.63) is 0 Å². The number of nitrogens with two attached hydrogens (primary N) is 1. The molecule has 1 saturated carbocycles. The van der Waals surface area contributed by atoms with Gasteiger partial charge in [-0.1, -0.05) is 19.3 Å². The molecule has 1 aliphatic carbocycles. The summed E-state index contributed by atoms with van der Waals surface area (Å²) < 4.78 is 0. The minimum Gasteiger partial charge on any atom is -0.317 e. The molecule has 4 nitrogen and oxygen atoms in total. The fraction of sp³-hybridized carbons (Fsp3) is 0.846. The van der Waals surface area contributed by atoms with Gasteiger partial charge in [-0.25, -0.2) is 0 Å². The van der Waals surface area contributed by atoms with Crippen LogP contribution in [0.2, 0.25) is 0 Å². The number of hydrogen-bond acceptors (Lipinski definition) is 4. The molecule has 3 atom stereocenters. The van der Waals surface area contributed by atoms with Gasteiger partial charge in [0.1, 0.15) is 11.6 Å². The summed E-state index contributed by atoms with van der Waals surface area (Å²) in [5.41, 5.74) is 5.78. The Labute approximate surface area is 124 Å². The molecule has 3 aliphatic rings. The van der Waals surface area contributed by atoms with Crippen molar-refractivity contribution in [2.45, 2.75) is 55.5 Å². The number of nitrogens with zero attached hydrogens (tertiary/aromatic N) is 2. The van der Waals surface area contributed by atoms with Crippen LogP contribution in [0.1, 0.15) is 38.5 Å². The molecule has 2 aliphatic heterocycles. The lowest BCUT2D eigenvalue weighted by molar-refractivity contribution is -0.135. The lowest BCUT2D eigenvalue weighted by Crippen LogP contribution is -2.55. The van der Waals surface area contributed by atoms with E-state index in [1.54, 1.807) is 16.7 Å². The first-order valence-electron chi connectivity index (χ1n) is 6.79. The third-order valence-corrected chi connectivity index (χ3v) is 6.01. The van der Waals surface area contributed by atoms with Gasteiger partial charge in [0.15, 0.2) is 0 Å². The Bertz CT molecular complexity index is 407. The molecule has 0 spiro atoms. The standard InChI is InChI=1S/C13H19N3OS.ClH/c14-7-10-8-18-11-6-13(15,12(17)16(10)11)9-4-2-1-3-5-9;/h9-11H,1-6,8,15H2;1H. The number of carbonyl (C=O) groups is 1. The van der Waals surface area contributed by atoms with Gasteiger partial charge >= 0.3 is 0 Å². The average molecular weight is 302 g/mol. The van der Waals surface area contributed by atoms with Crippen LogP contribution < -0.4 is 5.73 Å². The summed E-state index contributed by atoms with van der Waals surface area (Å²) in [4.78, 5) is 14.4. The fourth-order valence-electron chi connectivity index (χ4n) is 3.67. The Morgan fingerprint density at radius 2 is 2.05 bits per heavy atom. The van der Waals surface area contributed by atoms with E-state index in [1.807, 2.05) is 0 Å². The van der Waals surface area contributed by atoms with Crippen molar-refractivity contribution in [2.24, 2.45) is 11.7 Å². The Kier molecular flexibility index (Phi) is 4.34. The van der Waals surface area contributed by atoms with Gasteiger partial charge in [-0.3, -0.25) is 4.79 Å². The zero-order valence-corrected chi connectivity index (χ0v) is 12.5. The van der Waals surface area contributed by atoms with E-state index in [9.17, 15) is 4.79 Å². The van der Waals surface area contributed by atoms with Crippen LogP contribution in [0, 0.1) is 17.2 Å². The summed E-state index contributed by atoms with van der Waals surface area (Å²) >= 11 is 1.72. The predicted octanol–water partition coefficient (Wildman–Crippen LogP) is 1.88. The Morgan fingerprint density at radius 3 is 2.68 bits per heavy atom. The summed E-state index contributed by atoms with van der Waals surface area (Å²) in [6.45, 7) is 0. The van der Waals surface area contributed by atoms with Gasteiger partial charge in [0, 0.05) is 12.2 Å². The second-order valence-corrected chi connectivity index (χ2v) is 6.94. The maximum atomic E-state index is 12.6. The molecule has 0 aromatic heterocycles. The molecule has 19 heavy (non-hydrogen) atoms. The normalized spacial score (nSPS) is 38.7. The van der Waals surface area contributed by atoms with E-state index in [2.05, 4.69) is 6.07 Å². The molecule has 2 heterocycles. The van der Waals surface area contributed by atoms with Gasteiger partial charge in [-0.2, -0.15) is 5.26 Å². The predicted molar refractivity (Wildman–Crippen MR) is 77.9 cm³/mol. The molecular weight excluding hydrogens is 282 g/mol. The highest BCUT2D eigenvalue weighted by Crippen LogP contribution is 2.46. The van der Waals surface area contributed by atoms with Crippen LogP contribution in [0.15, 0.2) is 0 Å². The van der Waals surface area contributed by atoms with Crippen molar-refractivity contribution in [1.29, 1.82) is 5.26 Å². The van der Waals surface area contributed by atoms with E-state index in [0.717, 1.165) is 25.0 Å². The first-order chi connectivity index (χ1) is 8.66. The maximum absolute atomic E-state index is 12.6. The molecule has 0 aromatic carbocycles. The van der Waals surface area contributed by atoms with Crippen LogP contribution >= 0.6 is 24.2 Å². The van der Waals surface area contributed by atoms with Gasteiger partial charge in [-0.05, 0) is 18.8 Å². The van der Waals surface area contributed by atoms with E-state index in [-0.39, 0.29) is 29.7 Å². The van der Waals surface area contributed by atoms with E-state index in [1.165, 1.54) is 19.3 Å². The molecule has 0 radical (unpaired) electrons. The Balaban J connectivity index is 0.00000133. The average Bonchev–Trinajstić information content (AvgIpc) is 2.91. The lowest BCUT2D eigenvalue weighted by atomic mass is 9.74. The number of halogens is 1. The van der Waals surface area contributed by atoms with Gasteiger partial charge in [0.2, 0.25) is 5.91 Å². The number of hydrogen-bond donors (Lipinski definition) is 1. The van der Waals surface area contributed by atoms with Crippen molar-refractivity contribution in [2.75, 3.05) is 5.75 Å². The first-order valence-corrected chi connectivity index (χ1v) is 7.84. The van der Waals surface area contributed by atoms with Crippen LogP contribution in [0.25, 0.3) is 0 Å². The Hall–Kier alpha value is -0.440. The summed E-state index contributed by atoms with van der Waals surface area (Å²) in [5, 5.41) is 9.26. The fourth-order valence-corrected chi connectivity index (χ4v) is 5.10. The molecule has 3 rings (SSSR count). The maximum Gasteiger partial charge on any atom is 0.245 e. The molecule has 2 saturated heterocycles. The molecule has 0 aromatic rings. The molecule has 106 valence electrons. The summed E-state index contributed by atoms with van der Waals surface area (Å²) in [6.07, 6.45) is 6.53. The SMILES string of the molecule is Cl.N#CC1CSC2CC(N)(C3CCCCC3)C(=O)N12. The largest absolute Gasteiger partial charge is 0.317 e. The highest BCUT2D eigenvalue weighted by atomic mass is 35.5. The molecular formula is C13H20ClN3OS. The van der Waals surface area contributed by atoms with Crippen molar-refractivity contribution < 1.29 is 4.79 Å². The zero-order chi connectivity index (χ0) is 12.8. The highest BCUT2D eigenvalue weighted by Gasteiger charge is 2.57. The number of rotatable bonds is 1. The molecule has 3 unspecified atom stereocenters. The van der Waals surface area contributed by atoms with Crippen LogP contribution in [-0.4, -0.2) is 33.5 Å². The van der Waals surface area contributed by atoms with Crippen molar-refractivity contribution in [3.63, 3.8) is 0 Å². The number of nitriles is 1. The second kappa shape index (κ2) is 5.51. The minimum atomic E-state index is -0.687. The van der Waals surface area contributed by atoms with Crippen molar-refractivity contribution in [1.82, 2.24) is 4.90 Å². The molecule has 2 N–H and O–H groups in total. The first kappa shape index (κ1) is 15.0. The van der Waals surface area contributed by atoms with Crippen LogP contribution in [0.3, 0.4) is 0 Å². The highest BCUT2D eigenvalue weighted by molar-refractivity contribution is 8.00. The molecule has 0 bridgehead atoms. The smallest absolute Gasteiger partial charge is 0.245 e. The number of thioether (sulfide) groups is 1. The summed E-state index contributed by atoms with van der Waals surface area (Å²) in [6, 6.07) is 1.97. The van der Waals surface area contributed by atoms with Crippen LogP contribution in [0.4, 0.5) is 0 Å². The van der Waals surface area contributed by atoms with Crippen molar-refractivity contribution in [3.8, 4) is 6.07 Å². The van der Waals surface area contributed by atoms with E-state index >= 15 is 0 Å². The second-order valence-electron chi connectivity index (χ2n) is 5.72. The quantitative estimate of drug-likeness (QED) is 0.803. The molecule has 1 amide bonds. The summed E-state index contributed by atoms with van der Waals surface area (Å²) in [5.74, 6) is 1.11. The molecule has 6 heteroatoms. The van der Waals surface area contributed by atoms with E-state index in [0.29, 0.717) is 5.92 Å². The van der Waals surface area contributed by atoms with Crippen molar-refractivity contribution >= 4 is 30.1 Å². The summed E-state index contributed by atoms with van der Waals surface area (Å²) in [7, 11) is 0. The minimum absolute atomic E-state index is 0. The topological polar surface area (TPSA) is 70.1 Å². The van der Waals surface area contributed by atoms with E-state index < -0.39 is 5.54 Å². The van der Waals surface area contributed by atoms with Gasteiger partial charge < -0.3 is 10.6 Å². The van der Waals surface area contributed by atoms with E-state index in [4.69, 9.17) is 11.0 Å². The number of fused-ring (bicyclic) bond motifs is 1. The van der Waals surface area contributed by atoms with Crippen LogP contribution in [0.5, 0.6) is 0 Å². The third kappa shape index (κ3) is 2.24. The van der Waals surface area contributed by atoms with Gasteiger partial charge in [-0.15, -0.1) is 24.2 Å². The Morgan fingerprint density at radius 1 is 1.37 bits per heavy atom. The third-order valence-electron chi connectivity index (χ3n) is 4.72. The van der Waals surface area contributed by atoms with Gasteiger partial charge in [0.05, 0.1) is 11.4 Å². The number of carbonyl (C=O) groups excluding carboxylic acids is 1. The number of amides is 1. The molecule has 3 fully saturated rings. The monoisotopic (exact) mass is 301 g/mol.